The van der Waals surface area contributed by atoms with Crippen molar-refractivity contribution in [1.82, 2.24) is 15.1 Å². The van der Waals surface area contributed by atoms with Crippen LogP contribution in [0, 0.1) is 0 Å². The Bertz CT molecular complexity index is 1010. The summed E-state index contributed by atoms with van der Waals surface area (Å²) in [6.45, 7) is 4.76. The minimum absolute atomic E-state index is 0.111. The van der Waals surface area contributed by atoms with Crippen LogP contribution in [0.5, 0.6) is 0 Å². The summed E-state index contributed by atoms with van der Waals surface area (Å²) < 4.78 is 28.9. The molecule has 8 nitrogen and oxygen atoms in total. The van der Waals surface area contributed by atoms with Crippen molar-refractivity contribution in [2.45, 2.75) is 30.1 Å². The molecule has 9 heteroatoms. The highest BCUT2D eigenvalue weighted by Crippen LogP contribution is 2.24. The number of nitrogens with zero attached hydrogens (tertiary/aromatic N) is 3. The molecule has 0 saturated carbocycles. The number of hydrogen-bond donors (Lipinski definition) is 2. The molecule has 2 aromatic carbocycles. The first kappa shape index (κ1) is 21.8. The molecule has 2 saturated heterocycles. The predicted molar refractivity (Wildman–Crippen MR) is 120 cm³/mol. The molecular weight excluding hydrogens is 414 g/mol. The molecule has 2 aliphatic rings. The molecule has 2 aromatic rings. The van der Waals surface area contributed by atoms with Crippen molar-refractivity contribution in [3.63, 3.8) is 0 Å². The number of morpholine rings is 1. The van der Waals surface area contributed by atoms with E-state index in [0.29, 0.717) is 12.6 Å². The molecule has 2 aliphatic heterocycles. The third kappa shape index (κ3) is 5.24. The van der Waals surface area contributed by atoms with Crippen molar-refractivity contribution in [2.24, 2.45) is 10.1 Å². The largest absolute Gasteiger partial charge is 0.373 e. The summed E-state index contributed by atoms with van der Waals surface area (Å²) in [4.78, 5) is 9.30. The van der Waals surface area contributed by atoms with Gasteiger partial charge < -0.3 is 15.0 Å². The lowest BCUT2D eigenvalue weighted by molar-refractivity contribution is -0.0502. The monoisotopic (exact) mass is 443 g/mol. The molecule has 2 atom stereocenters. The average molecular weight is 444 g/mol. The van der Waals surface area contributed by atoms with Gasteiger partial charge in [0.25, 0.3) is 0 Å². The maximum absolute atomic E-state index is 11.4. The van der Waals surface area contributed by atoms with Crippen LogP contribution in [-0.2, 0) is 27.8 Å². The van der Waals surface area contributed by atoms with Gasteiger partial charge in [-0.05, 0) is 23.3 Å². The highest BCUT2D eigenvalue weighted by Gasteiger charge is 2.41. The number of nitrogens with two attached hydrogens (primary N) is 1. The van der Waals surface area contributed by atoms with Gasteiger partial charge in [-0.2, -0.15) is 0 Å². The molecule has 31 heavy (non-hydrogen) atoms. The summed E-state index contributed by atoms with van der Waals surface area (Å²) in [7, 11) is -1.90. The number of primary sulfonamides is 1. The van der Waals surface area contributed by atoms with Crippen molar-refractivity contribution in [2.75, 3.05) is 33.3 Å². The van der Waals surface area contributed by atoms with Gasteiger partial charge in [-0.1, -0.05) is 42.5 Å². The molecule has 0 bridgehead atoms. The fraction of sp³-hybridized carbons (Fsp3) is 0.409. The molecular formula is C22H29N5O3S. The molecule has 0 aromatic heterocycles. The van der Waals surface area contributed by atoms with Gasteiger partial charge in [0.2, 0.25) is 10.0 Å². The van der Waals surface area contributed by atoms with Crippen LogP contribution in [0.25, 0.3) is 0 Å². The molecule has 0 amide bonds. The van der Waals surface area contributed by atoms with Crippen LogP contribution in [0.2, 0.25) is 0 Å². The number of rotatable bonds is 5. The number of fused-ring (bicyclic) bond motifs is 1. The van der Waals surface area contributed by atoms with E-state index in [4.69, 9.17) is 9.88 Å². The van der Waals surface area contributed by atoms with E-state index in [9.17, 15) is 8.42 Å². The van der Waals surface area contributed by atoms with E-state index < -0.39 is 10.0 Å². The van der Waals surface area contributed by atoms with E-state index in [0.717, 1.165) is 44.3 Å². The lowest BCUT2D eigenvalue weighted by atomic mass is 10.1. The molecule has 166 valence electrons. The molecule has 2 heterocycles. The first-order valence-corrected chi connectivity index (χ1v) is 12.0. The number of aliphatic imine (C=N–C) groups is 1. The number of nitrogens with one attached hydrogen (secondary N) is 1. The van der Waals surface area contributed by atoms with Gasteiger partial charge in [0.1, 0.15) is 0 Å². The average Bonchev–Trinajstić information content (AvgIpc) is 3.20. The van der Waals surface area contributed by atoms with Gasteiger partial charge in [0.15, 0.2) is 5.96 Å². The fourth-order valence-electron chi connectivity index (χ4n) is 4.26. The van der Waals surface area contributed by atoms with Crippen LogP contribution < -0.4 is 10.5 Å². The summed E-state index contributed by atoms with van der Waals surface area (Å²) in [6, 6.07) is 17.4. The number of benzene rings is 2. The smallest absolute Gasteiger partial charge is 0.238 e. The molecule has 2 fully saturated rings. The standard InChI is InChI=1S/C22H29N5O3S/c1-24-22(25-13-17-7-9-19(10-8-17)31(23,28)29)27-15-20-21(16-27)30-12-11-26(20)14-18-5-3-2-4-6-18/h2-10,20-21H,11-16H2,1H3,(H,24,25)(H2,23,28,29). The molecule has 0 radical (unpaired) electrons. The Morgan fingerprint density at radius 2 is 1.87 bits per heavy atom. The van der Waals surface area contributed by atoms with E-state index >= 15 is 0 Å². The van der Waals surface area contributed by atoms with E-state index in [1.54, 1.807) is 19.2 Å². The van der Waals surface area contributed by atoms with E-state index in [1.807, 2.05) is 6.07 Å². The number of ether oxygens (including phenoxy) is 1. The van der Waals surface area contributed by atoms with Gasteiger partial charge >= 0.3 is 0 Å². The number of hydrogen-bond acceptors (Lipinski definition) is 5. The zero-order valence-electron chi connectivity index (χ0n) is 17.6. The summed E-state index contributed by atoms with van der Waals surface area (Å²) in [5, 5.41) is 8.55. The zero-order valence-corrected chi connectivity index (χ0v) is 18.5. The summed E-state index contributed by atoms with van der Waals surface area (Å²) >= 11 is 0. The van der Waals surface area contributed by atoms with Crippen LogP contribution >= 0.6 is 0 Å². The Balaban J connectivity index is 1.37. The van der Waals surface area contributed by atoms with Gasteiger partial charge in [-0.15, -0.1) is 0 Å². The maximum Gasteiger partial charge on any atom is 0.238 e. The van der Waals surface area contributed by atoms with Crippen LogP contribution in [-0.4, -0.2) is 69.6 Å². The second-order valence-electron chi connectivity index (χ2n) is 7.93. The van der Waals surface area contributed by atoms with Crippen molar-refractivity contribution in [3.8, 4) is 0 Å². The van der Waals surface area contributed by atoms with E-state index in [-0.39, 0.29) is 11.0 Å². The minimum atomic E-state index is -3.68. The van der Waals surface area contributed by atoms with E-state index in [1.165, 1.54) is 17.7 Å². The van der Waals surface area contributed by atoms with Gasteiger partial charge in [-0.25, -0.2) is 13.6 Å². The minimum Gasteiger partial charge on any atom is -0.373 e. The Labute approximate surface area is 183 Å². The maximum atomic E-state index is 11.4. The molecule has 0 spiro atoms. The zero-order chi connectivity index (χ0) is 21.8. The second-order valence-corrected chi connectivity index (χ2v) is 9.49. The lowest BCUT2D eigenvalue weighted by Gasteiger charge is -2.36. The molecule has 3 N–H and O–H groups in total. The van der Waals surface area contributed by atoms with Gasteiger partial charge in [-0.3, -0.25) is 9.89 Å². The van der Waals surface area contributed by atoms with Gasteiger partial charge in [0, 0.05) is 39.8 Å². The van der Waals surface area contributed by atoms with Crippen molar-refractivity contribution >= 4 is 16.0 Å². The van der Waals surface area contributed by atoms with Gasteiger partial charge in [0.05, 0.1) is 23.6 Å². The summed E-state index contributed by atoms with van der Waals surface area (Å²) in [5.41, 5.74) is 2.26. The third-order valence-electron chi connectivity index (χ3n) is 5.86. The predicted octanol–water partition coefficient (Wildman–Crippen LogP) is 0.995. The topological polar surface area (TPSA) is 100 Å². The van der Waals surface area contributed by atoms with Crippen LogP contribution in [0.1, 0.15) is 11.1 Å². The molecule has 0 aliphatic carbocycles. The lowest BCUT2D eigenvalue weighted by Crippen LogP contribution is -2.50. The third-order valence-corrected chi connectivity index (χ3v) is 6.79. The van der Waals surface area contributed by atoms with Crippen LogP contribution in [0.4, 0.5) is 0 Å². The first-order valence-electron chi connectivity index (χ1n) is 10.4. The molecule has 2 unspecified atom stereocenters. The normalized spacial score (nSPS) is 22.4. The summed E-state index contributed by atoms with van der Waals surface area (Å²) in [6.07, 6.45) is 0.157. The SMILES string of the molecule is CN=C(NCc1ccc(S(N)(=O)=O)cc1)N1CC2OCCN(Cc3ccccc3)C2C1. The number of sulfonamides is 1. The summed E-state index contributed by atoms with van der Waals surface area (Å²) in [5.74, 6) is 0.813. The Morgan fingerprint density at radius 3 is 2.55 bits per heavy atom. The fourth-order valence-corrected chi connectivity index (χ4v) is 4.77. The van der Waals surface area contributed by atoms with Crippen molar-refractivity contribution in [3.05, 3.63) is 65.7 Å². The second kappa shape index (κ2) is 9.35. The highest BCUT2D eigenvalue weighted by atomic mass is 32.2. The quantitative estimate of drug-likeness (QED) is 0.528. The molecule has 4 rings (SSSR count). The van der Waals surface area contributed by atoms with Crippen LogP contribution in [0.15, 0.2) is 64.5 Å². The first-order chi connectivity index (χ1) is 14.9. The Morgan fingerprint density at radius 1 is 1.13 bits per heavy atom. The van der Waals surface area contributed by atoms with Crippen LogP contribution in [0.3, 0.4) is 0 Å². The number of likely N-dealkylation sites (tertiary alicyclic amines) is 1. The van der Waals surface area contributed by atoms with E-state index in [2.05, 4.69) is 44.4 Å². The van der Waals surface area contributed by atoms with Crippen molar-refractivity contribution in [1.29, 1.82) is 0 Å². The van der Waals surface area contributed by atoms with Crippen molar-refractivity contribution < 1.29 is 13.2 Å². The highest BCUT2D eigenvalue weighted by molar-refractivity contribution is 7.89. The Kier molecular flexibility index (Phi) is 6.57. The Hall–Kier alpha value is -2.46. The number of guanidine groups is 1.